The molecule has 0 aliphatic rings. The van der Waals surface area contributed by atoms with E-state index in [-0.39, 0.29) is 5.91 Å². The minimum atomic E-state index is 0.224. The highest BCUT2D eigenvalue weighted by atomic mass is 16.1. The lowest BCUT2D eigenvalue weighted by molar-refractivity contribution is -0.121. The first-order valence-electron chi connectivity index (χ1n) is 6.08. The molecule has 0 heterocycles. The third-order valence-electron chi connectivity index (χ3n) is 2.36. The fourth-order valence-electron chi connectivity index (χ4n) is 1.38. The van der Waals surface area contributed by atoms with Gasteiger partial charge in [0.25, 0.3) is 0 Å². The number of nitrogens with one attached hydrogen (secondary N) is 1. The summed E-state index contributed by atoms with van der Waals surface area (Å²) in [5.41, 5.74) is 0. The first-order chi connectivity index (χ1) is 6.81. The number of unbranched alkanes of at least 4 members (excludes halogenated alkanes) is 5. The monoisotopic (exact) mass is 199 g/mol. The van der Waals surface area contributed by atoms with E-state index < -0.39 is 0 Å². The Morgan fingerprint density at radius 3 is 2.21 bits per heavy atom. The number of carbonyl (C=O) groups is 1. The second kappa shape index (κ2) is 10.6. The molecule has 0 aromatic carbocycles. The van der Waals surface area contributed by atoms with E-state index in [2.05, 4.69) is 19.2 Å². The lowest BCUT2D eigenvalue weighted by Gasteiger charge is -2.04. The van der Waals surface area contributed by atoms with Gasteiger partial charge in [0.15, 0.2) is 0 Å². The predicted octanol–water partition coefficient (Wildman–Crippen LogP) is 3.26. The Balaban J connectivity index is 3.07. The zero-order valence-electron chi connectivity index (χ0n) is 9.77. The van der Waals surface area contributed by atoms with Gasteiger partial charge in [-0.05, 0) is 12.8 Å². The first-order valence-corrected chi connectivity index (χ1v) is 6.08. The van der Waals surface area contributed by atoms with Gasteiger partial charge in [0.05, 0.1) is 0 Å². The summed E-state index contributed by atoms with van der Waals surface area (Å²) in [7, 11) is 0. The van der Waals surface area contributed by atoms with Crippen LogP contribution in [0.2, 0.25) is 0 Å². The highest BCUT2D eigenvalue weighted by molar-refractivity contribution is 5.75. The van der Waals surface area contributed by atoms with Crippen molar-refractivity contribution in [3.8, 4) is 0 Å². The first kappa shape index (κ1) is 13.5. The summed E-state index contributed by atoms with van der Waals surface area (Å²) in [5.74, 6) is 0.224. The Morgan fingerprint density at radius 1 is 0.929 bits per heavy atom. The molecule has 0 aliphatic carbocycles. The van der Waals surface area contributed by atoms with Gasteiger partial charge < -0.3 is 5.32 Å². The summed E-state index contributed by atoms with van der Waals surface area (Å²) in [4.78, 5) is 11.2. The van der Waals surface area contributed by atoms with E-state index in [0.29, 0.717) is 6.42 Å². The van der Waals surface area contributed by atoms with Gasteiger partial charge in [-0.2, -0.15) is 0 Å². The van der Waals surface area contributed by atoms with Gasteiger partial charge in [-0.15, -0.1) is 0 Å². The van der Waals surface area contributed by atoms with Gasteiger partial charge in [-0.25, -0.2) is 0 Å². The van der Waals surface area contributed by atoms with Crippen molar-refractivity contribution in [2.24, 2.45) is 0 Å². The van der Waals surface area contributed by atoms with Crippen molar-refractivity contribution in [2.45, 2.75) is 65.2 Å². The summed E-state index contributed by atoms with van der Waals surface area (Å²) < 4.78 is 0. The molecule has 84 valence electrons. The van der Waals surface area contributed by atoms with Crippen LogP contribution < -0.4 is 5.32 Å². The summed E-state index contributed by atoms with van der Waals surface area (Å²) >= 11 is 0. The Kier molecular flexibility index (Phi) is 10.2. The topological polar surface area (TPSA) is 29.1 Å². The highest BCUT2D eigenvalue weighted by Gasteiger charge is 1.98. The van der Waals surface area contributed by atoms with Crippen LogP contribution in [-0.2, 0) is 4.79 Å². The minimum absolute atomic E-state index is 0.224. The summed E-state index contributed by atoms with van der Waals surface area (Å²) in [5, 5.41) is 2.96. The molecule has 0 unspecified atom stereocenters. The molecule has 0 aliphatic heterocycles. The van der Waals surface area contributed by atoms with Crippen molar-refractivity contribution in [1.29, 1.82) is 0 Å². The lowest BCUT2D eigenvalue weighted by Crippen LogP contribution is -2.23. The van der Waals surface area contributed by atoms with E-state index in [1.807, 2.05) is 0 Å². The van der Waals surface area contributed by atoms with Crippen molar-refractivity contribution in [2.75, 3.05) is 6.54 Å². The van der Waals surface area contributed by atoms with Crippen LogP contribution in [0.3, 0.4) is 0 Å². The average molecular weight is 199 g/mol. The van der Waals surface area contributed by atoms with Crippen LogP contribution in [0.1, 0.15) is 65.2 Å². The maximum absolute atomic E-state index is 11.2. The standard InChI is InChI=1S/C12H25NO/c1-3-5-7-8-9-11-13-12(14)10-6-4-2/h3-11H2,1-2H3,(H,13,14). The molecule has 0 saturated carbocycles. The van der Waals surface area contributed by atoms with Crippen molar-refractivity contribution in [3.05, 3.63) is 0 Å². The number of amides is 1. The molecule has 0 aromatic rings. The molecule has 1 amide bonds. The van der Waals surface area contributed by atoms with E-state index in [1.54, 1.807) is 0 Å². The van der Waals surface area contributed by atoms with Crippen molar-refractivity contribution < 1.29 is 4.79 Å². The van der Waals surface area contributed by atoms with Crippen LogP contribution in [0.5, 0.6) is 0 Å². The van der Waals surface area contributed by atoms with E-state index in [9.17, 15) is 4.79 Å². The van der Waals surface area contributed by atoms with E-state index >= 15 is 0 Å². The van der Waals surface area contributed by atoms with E-state index in [1.165, 1.54) is 25.7 Å². The Morgan fingerprint density at radius 2 is 1.57 bits per heavy atom. The molecule has 1 N–H and O–H groups in total. The van der Waals surface area contributed by atoms with Crippen LogP contribution in [0.25, 0.3) is 0 Å². The van der Waals surface area contributed by atoms with Gasteiger partial charge in [0.1, 0.15) is 0 Å². The summed E-state index contributed by atoms with van der Waals surface area (Å²) in [6.07, 6.45) is 9.12. The quantitative estimate of drug-likeness (QED) is 0.567. The van der Waals surface area contributed by atoms with Crippen LogP contribution >= 0.6 is 0 Å². The zero-order chi connectivity index (χ0) is 10.6. The van der Waals surface area contributed by atoms with Gasteiger partial charge in [0, 0.05) is 13.0 Å². The van der Waals surface area contributed by atoms with Gasteiger partial charge >= 0.3 is 0 Å². The molecule has 0 radical (unpaired) electrons. The van der Waals surface area contributed by atoms with Crippen LogP contribution in [-0.4, -0.2) is 12.5 Å². The van der Waals surface area contributed by atoms with Crippen molar-refractivity contribution >= 4 is 5.91 Å². The Labute approximate surface area is 88.5 Å². The fourth-order valence-corrected chi connectivity index (χ4v) is 1.38. The lowest BCUT2D eigenvalue weighted by atomic mass is 10.1. The molecular formula is C12H25NO. The molecule has 0 aromatic heterocycles. The fraction of sp³-hybridized carbons (Fsp3) is 0.917. The number of hydrogen-bond acceptors (Lipinski definition) is 1. The minimum Gasteiger partial charge on any atom is -0.356 e. The molecule has 14 heavy (non-hydrogen) atoms. The average Bonchev–Trinajstić information content (AvgIpc) is 2.20. The maximum atomic E-state index is 11.2. The molecule has 0 atom stereocenters. The molecule has 0 rings (SSSR count). The third-order valence-corrected chi connectivity index (χ3v) is 2.36. The number of rotatable bonds is 9. The van der Waals surface area contributed by atoms with E-state index in [4.69, 9.17) is 0 Å². The van der Waals surface area contributed by atoms with Gasteiger partial charge in [-0.1, -0.05) is 46.0 Å². The molecule has 0 saturated heterocycles. The summed E-state index contributed by atoms with van der Waals surface area (Å²) in [6.45, 7) is 5.19. The molecule has 0 spiro atoms. The van der Waals surface area contributed by atoms with Crippen LogP contribution in [0.4, 0.5) is 0 Å². The molecule has 0 bridgehead atoms. The molecule has 2 heteroatoms. The Bertz CT molecular complexity index is 134. The van der Waals surface area contributed by atoms with Crippen molar-refractivity contribution in [3.63, 3.8) is 0 Å². The second-order valence-electron chi connectivity index (χ2n) is 3.87. The smallest absolute Gasteiger partial charge is 0.219 e. The second-order valence-corrected chi connectivity index (χ2v) is 3.87. The van der Waals surface area contributed by atoms with Gasteiger partial charge in [0.2, 0.25) is 5.91 Å². The largest absolute Gasteiger partial charge is 0.356 e. The maximum Gasteiger partial charge on any atom is 0.219 e. The normalized spacial score (nSPS) is 10.1. The molecule has 2 nitrogen and oxygen atoms in total. The zero-order valence-corrected chi connectivity index (χ0v) is 9.77. The number of carbonyl (C=O) groups excluding carboxylic acids is 1. The molecule has 0 fully saturated rings. The highest BCUT2D eigenvalue weighted by Crippen LogP contribution is 2.01. The third kappa shape index (κ3) is 9.56. The predicted molar refractivity (Wildman–Crippen MR) is 61.3 cm³/mol. The number of hydrogen-bond donors (Lipinski definition) is 1. The van der Waals surface area contributed by atoms with Crippen LogP contribution in [0, 0.1) is 0 Å². The van der Waals surface area contributed by atoms with E-state index in [0.717, 1.165) is 25.8 Å². The Hall–Kier alpha value is -0.530. The van der Waals surface area contributed by atoms with Crippen molar-refractivity contribution in [1.82, 2.24) is 5.32 Å². The van der Waals surface area contributed by atoms with Crippen LogP contribution in [0.15, 0.2) is 0 Å². The molecular weight excluding hydrogens is 174 g/mol. The summed E-state index contributed by atoms with van der Waals surface area (Å²) in [6, 6.07) is 0. The van der Waals surface area contributed by atoms with Gasteiger partial charge in [-0.3, -0.25) is 4.79 Å². The SMILES string of the molecule is CCCCCCCNC(=O)CCCC.